The van der Waals surface area contributed by atoms with Gasteiger partial charge in [0.2, 0.25) is 0 Å². The first kappa shape index (κ1) is 11.7. The van der Waals surface area contributed by atoms with Crippen LogP contribution in [0.25, 0.3) is 0 Å². The molecule has 1 amide bonds. The highest BCUT2D eigenvalue weighted by Crippen LogP contribution is 2.14. The molecule has 0 fully saturated rings. The van der Waals surface area contributed by atoms with Crippen molar-refractivity contribution in [2.75, 3.05) is 25.7 Å². The molecule has 0 saturated carbocycles. The van der Waals surface area contributed by atoms with Gasteiger partial charge in [-0.15, -0.1) is 0 Å². The number of rotatable bonds is 4. The van der Waals surface area contributed by atoms with Crippen LogP contribution in [0.1, 0.15) is 12.5 Å². The Labute approximate surface area is 90.7 Å². The fraction of sp³-hybridized carbons (Fsp3) is 0.417. The first-order valence-electron chi connectivity index (χ1n) is 5.03. The van der Waals surface area contributed by atoms with E-state index in [1.807, 2.05) is 24.3 Å². The molecule has 0 aliphatic carbocycles. The first-order chi connectivity index (χ1) is 7.19. The highest BCUT2D eigenvalue weighted by atomic mass is 16.5. The number of ether oxygens (including phenoxy) is 1. The van der Waals surface area contributed by atoms with E-state index < -0.39 is 0 Å². The van der Waals surface area contributed by atoms with Gasteiger partial charge in [0.25, 0.3) is 5.91 Å². The number of hydrogen-bond donors (Lipinski definition) is 0. The van der Waals surface area contributed by atoms with Crippen LogP contribution in [-0.4, -0.2) is 26.7 Å². The fourth-order valence-electron chi connectivity index (χ4n) is 1.32. The Morgan fingerprint density at radius 1 is 1.33 bits per heavy atom. The zero-order valence-electron chi connectivity index (χ0n) is 9.49. The zero-order chi connectivity index (χ0) is 11.3. The number of amides is 1. The lowest BCUT2D eigenvalue weighted by Crippen LogP contribution is -2.29. The van der Waals surface area contributed by atoms with Crippen molar-refractivity contribution in [3.05, 3.63) is 29.8 Å². The summed E-state index contributed by atoms with van der Waals surface area (Å²) < 4.78 is 4.80. The largest absolute Gasteiger partial charge is 0.375 e. The van der Waals surface area contributed by atoms with E-state index >= 15 is 0 Å². The smallest absolute Gasteiger partial charge is 0.252 e. The lowest BCUT2D eigenvalue weighted by atomic mass is 10.1. The van der Waals surface area contributed by atoms with Crippen LogP contribution in [0.3, 0.4) is 0 Å². The predicted octanol–water partition coefficient (Wildman–Crippen LogP) is 1.86. The summed E-state index contributed by atoms with van der Waals surface area (Å²) in [6, 6.07) is 7.97. The maximum absolute atomic E-state index is 11.5. The van der Waals surface area contributed by atoms with Crippen LogP contribution >= 0.6 is 0 Å². The number of nitrogens with zero attached hydrogens (tertiary/aromatic N) is 1. The van der Waals surface area contributed by atoms with Crippen LogP contribution in [0.4, 0.5) is 5.69 Å². The third-order valence-corrected chi connectivity index (χ3v) is 2.37. The van der Waals surface area contributed by atoms with E-state index in [4.69, 9.17) is 4.74 Å². The van der Waals surface area contributed by atoms with Crippen molar-refractivity contribution in [1.29, 1.82) is 0 Å². The quantitative estimate of drug-likeness (QED) is 0.754. The standard InChI is InChI=1S/C12H17NO2/c1-4-10-5-7-11(8-6-10)13(2)12(14)9-15-3/h5-8H,4,9H2,1-3H3. The van der Waals surface area contributed by atoms with Crippen LogP contribution in [-0.2, 0) is 16.0 Å². The van der Waals surface area contributed by atoms with E-state index in [0.717, 1.165) is 12.1 Å². The molecule has 0 bridgehead atoms. The van der Waals surface area contributed by atoms with Crippen LogP contribution in [0.15, 0.2) is 24.3 Å². The molecule has 3 nitrogen and oxygen atoms in total. The fourth-order valence-corrected chi connectivity index (χ4v) is 1.32. The van der Waals surface area contributed by atoms with Crippen molar-refractivity contribution < 1.29 is 9.53 Å². The van der Waals surface area contributed by atoms with E-state index in [0.29, 0.717) is 0 Å². The summed E-state index contributed by atoms with van der Waals surface area (Å²) >= 11 is 0. The van der Waals surface area contributed by atoms with Crippen molar-refractivity contribution >= 4 is 11.6 Å². The maximum atomic E-state index is 11.5. The summed E-state index contributed by atoms with van der Waals surface area (Å²) in [6.07, 6.45) is 1.01. The van der Waals surface area contributed by atoms with Gasteiger partial charge in [-0.3, -0.25) is 4.79 Å². The minimum absolute atomic E-state index is 0.0400. The van der Waals surface area contributed by atoms with E-state index in [2.05, 4.69) is 6.92 Å². The van der Waals surface area contributed by atoms with E-state index in [1.165, 1.54) is 12.7 Å². The monoisotopic (exact) mass is 207 g/mol. The number of carbonyl (C=O) groups is 1. The molecule has 0 atom stereocenters. The number of likely N-dealkylation sites (N-methyl/N-ethyl adjacent to an activating group) is 1. The average molecular weight is 207 g/mol. The summed E-state index contributed by atoms with van der Waals surface area (Å²) in [5, 5.41) is 0. The van der Waals surface area contributed by atoms with Crippen molar-refractivity contribution in [1.82, 2.24) is 0 Å². The molecular formula is C12H17NO2. The summed E-state index contributed by atoms with van der Waals surface area (Å²) in [5.41, 5.74) is 2.17. The van der Waals surface area contributed by atoms with Gasteiger partial charge in [-0.1, -0.05) is 19.1 Å². The van der Waals surface area contributed by atoms with Gasteiger partial charge in [0.15, 0.2) is 0 Å². The SMILES string of the molecule is CCc1ccc(N(C)C(=O)COC)cc1. The lowest BCUT2D eigenvalue weighted by molar-refractivity contribution is -0.121. The van der Waals surface area contributed by atoms with Gasteiger partial charge in [-0.2, -0.15) is 0 Å². The zero-order valence-corrected chi connectivity index (χ0v) is 9.49. The Balaban J connectivity index is 2.73. The normalized spacial score (nSPS) is 10.1. The number of benzene rings is 1. The Bertz CT molecular complexity index is 319. The maximum Gasteiger partial charge on any atom is 0.252 e. The Kier molecular flexibility index (Phi) is 4.31. The van der Waals surface area contributed by atoms with Gasteiger partial charge in [0, 0.05) is 19.8 Å². The number of anilines is 1. The predicted molar refractivity (Wildman–Crippen MR) is 61.1 cm³/mol. The van der Waals surface area contributed by atoms with Crippen molar-refractivity contribution in [3.63, 3.8) is 0 Å². The van der Waals surface area contributed by atoms with Crippen molar-refractivity contribution in [3.8, 4) is 0 Å². The van der Waals surface area contributed by atoms with Gasteiger partial charge < -0.3 is 9.64 Å². The first-order valence-corrected chi connectivity index (χ1v) is 5.03. The molecule has 0 radical (unpaired) electrons. The highest BCUT2D eigenvalue weighted by molar-refractivity contribution is 5.93. The van der Waals surface area contributed by atoms with Crippen molar-refractivity contribution in [2.24, 2.45) is 0 Å². The Hall–Kier alpha value is -1.35. The van der Waals surface area contributed by atoms with Crippen LogP contribution in [0.5, 0.6) is 0 Å². The van der Waals surface area contributed by atoms with Gasteiger partial charge in [0.05, 0.1) is 0 Å². The summed E-state index contributed by atoms with van der Waals surface area (Å²) in [6.45, 7) is 2.22. The van der Waals surface area contributed by atoms with E-state index in [9.17, 15) is 4.79 Å². The highest BCUT2D eigenvalue weighted by Gasteiger charge is 2.09. The van der Waals surface area contributed by atoms with Gasteiger partial charge in [-0.05, 0) is 24.1 Å². The minimum Gasteiger partial charge on any atom is -0.375 e. The number of carbonyl (C=O) groups excluding carboxylic acids is 1. The van der Waals surface area contributed by atoms with Crippen LogP contribution in [0, 0.1) is 0 Å². The molecule has 0 aliphatic heterocycles. The van der Waals surface area contributed by atoms with E-state index in [-0.39, 0.29) is 12.5 Å². The third kappa shape index (κ3) is 3.06. The molecule has 3 heteroatoms. The molecule has 0 aliphatic rings. The van der Waals surface area contributed by atoms with E-state index in [1.54, 1.807) is 11.9 Å². The van der Waals surface area contributed by atoms with Gasteiger partial charge in [-0.25, -0.2) is 0 Å². The molecule has 0 unspecified atom stereocenters. The molecule has 0 saturated heterocycles. The number of hydrogen-bond acceptors (Lipinski definition) is 2. The Morgan fingerprint density at radius 2 is 1.93 bits per heavy atom. The second kappa shape index (κ2) is 5.51. The molecule has 1 aromatic rings. The molecule has 1 rings (SSSR count). The molecule has 0 heterocycles. The third-order valence-electron chi connectivity index (χ3n) is 2.37. The Morgan fingerprint density at radius 3 is 2.40 bits per heavy atom. The lowest BCUT2D eigenvalue weighted by Gasteiger charge is -2.16. The average Bonchev–Trinajstić information content (AvgIpc) is 2.28. The summed E-state index contributed by atoms with van der Waals surface area (Å²) in [7, 11) is 3.27. The molecule has 0 spiro atoms. The number of methoxy groups -OCH3 is 1. The summed E-state index contributed by atoms with van der Waals surface area (Å²) in [5.74, 6) is -0.0400. The topological polar surface area (TPSA) is 29.5 Å². The minimum atomic E-state index is -0.0400. The van der Waals surface area contributed by atoms with Crippen LogP contribution in [0.2, 0.25) is 0 Å². The van der Waals surface area contributed by atoms with Crippen molar-refractivity contribution in [2.45, 2.75) is 13.3 Å². The van der Waals surface area contributed by atoms with Gasteiger partial charge in [0.1, 0.15) is 6.61 Å². The molecule has 0 aromatic heterocycles. The second-order valence-corrected chi connectivity index (χ2v) is 3.41. The second-order valence-electron chi connectivity index (χ2n) is 3.41. The van der Waals surface area contributed by atoms with Crippen LogP contribution < -0.4 is 4.90 Å². The van der Waals surface area contributed by atoms with Gasteiger partial charge >= 0.3 is 0 Å². The molecule has 82 valence electrons. The number of aryl methyl sites for hydroxylation is 1. The molecule has 1 aromatic carbocycles. The molecular weight excluding hydrogens is 190 g/mol. The summed E-state index contributed by atoms with van der Waals surface area (Å²) in [4.78, 5) is 13.1. The molecule has 0 N–H and O–H groups in total. The molecule has 15 heavy (non-hydrogen) atoms.